The third kappa shape index (κ3) is 3.23. The smallest absolute Gasteiger partial charge is 0.123 e. The lowest BCUT2D eigenvalue weighted by Crippen LogP contribution is -2.06. The molecule has 0 saturated carbocycles. The largest absolute Gasteiger partial charge is 0.252 e. The highest BCUT2D eigenvalue weighted by Gasteiger charge is 2.23. The van der Waals surface area contributed by atoms with Gasteiger partial charge in [0.2, 0.25) is 0 Å². The molecule has 4 aromatic rings. The van der Waals surface area contributed by atoms with Crippen molar-refractivity contribution in [1.29, 1.82) is 0 Å². The number of halogens is 1. The van der Waals surface area contributed by atoms with Crippen molar-refractivity contribution in [2.45, 2.75) is 16.6 Å². The van der Waals surface area contributed by atoms with E-state index in [2.05, 4.69) is 60.7 Å². The van der Waals surface area contributed by atoms with Crippen LogP contribution < -0.4 is 0 Å². The van der Waals surface area contributed by atoms with Gasteiger partial charge in [0.25, 0.3) is 0 Å². The van der Waals surface area contributed by atoms with E-state index in [-0.39, 0.29) is 11.1 Å². The second kappa shape index (κ2) is 7.25. The molecule has 0 spiro atoms. The molecule has 5 rings (SSSR count). The molecule has 0 aliphatic carbocycles. The van der Waals surface area contributed by atoms with Gasteiger partial charge in [-0.25, -0.2) is 4.39 Å². The molecule has 0 radical (unpaired) electrons. The van der Waals surface area contributed by atoms with Gasteiger partial charge in [0, 0.05) is 22.3 Å². The Bertz CT molecular complexity index is 1180. The SMILES string of the molecule is Fc1ccc(C2=Nc3ccccc3SC(c3cccc4ccccc34)C2)cc1. The number of thioether (sulfide) groups is 1. The van der Waals surface area contributed by atoms with Crippen LogP contribution in [0.3, 0.4) is 0 Å². The molecule has 1 aliphatic heterocycles. The van der Waals surface area contributed by atoms with Gasteiger partial charge in [-0.3, -0.25) is 4.99 Å². The lowest BCUT2D eigenvalue weighted by Gasteiger charge is -2.18. The van der Waals surface area contributed by atoms with Crippen LogP contribution in [-0.4, -0.2) is 5.71 Å². The van der Waals surface area contributed by atoms with Crippen molar-refractivity contribution in [3.05, 3.63) is 108 Å². The first-order chi connectivity index (χ1) is 13.8. The van der Waals surface area contributed by atoms with Crippen molar-refractivity contribution in [2.24, 2.45) is 4.99 Å². The van der Waals surface area contributed by atoms with E-state index >= 15 is 0 Å². The van der Waals surface area contributed by atoms with Crippen molar-refractivity contribution in [2.75, 3.05) is 0 Å². The fourth-order valence-corrected chi connectivity index (χ4v) is 5.01. The van der Waals surface area contributed by atoms with E-state index in [9.17, 15) is 4.39 Å². The molecule has 0 N–H and O–H groups in total. The molecule has 1 unspecified atom stereocenters. The van der Waals surface area contributed by atoms with Crippen LogP contribution in [-0.2, 0) is 0 Å². The fourth-order valence-electron chi connectivity index (χ4n) is 3.74. The molecule has 136 valence electrons. The van der Waals surface area contributed by atoms with Gasteiger partial charge in [-0.1, -0.05) is 66.7 Å². The zero-order valence-corrected chi connectivity index (χ0v) is 16.0. The van der Waals surface area contributed by atoms with Crippen LogP contribution >= 0.6 is 11.8 Å². The molecule has 28 heavy (non-hydrogen) atoms. The fraction of sp³-hybridized carbons (Fsp3) is 0.0800. The highest BCUT2D eigenvalue weighted by atomic mass is 32.2. The van der Waals surface area contributed by atoms with Gasteiger partial charge in [0.05, 0.1) is 5.69 Å². The molecular weight excluding hydrogens is 365 g/mol. The van der Waals surface area contributed by atoms with Crippen LogP contribution in [0.25, 0.3) is 10.8 Å². The molecule has 0 bridgehead atoms. The number of para-hydroxylation sites is 1. The summed E-state index contributed by atoms with van der Waals surface area (Å²) in [5.74, 6) is -0.224. The van der Waals surface area contributed by atoms with Crippen LogP contribution in [0.5, 0.6) is 0 Å². The van der Waals surface area contributed by atoms with E-state index in [4.69, 9.17) is 4.99 Å². The number of hydrogen-bond acceptors (Lipinski definition) is 2. The summed E-state index contributed by atoms with van der Waals surface area (Å²) in [4.78, 5) is 6.15. The zero-order chi connectivity index (χ0) is 18.9. The predicted molar refractivity (Wildman–Crippen MR) is 116 cm³/mol. The number of nitrogens with zero attached hydrogens (tertiary/aromatic N) is 1. The Morgan fingerprint density at radius 2 is 1.54 bits per heavy atom. The predicted octanol–water partition coefficient (Wildman–Crippen LogP) is 7.34. The summed E-state index contributed by atoms with van der Waals surface area (Å²) in [5.41, 5.74) is 4.27. The normalized spacial score (nSPS) is 16.3. The molecule has 1 nitrogen and oxygen atoms in total. The Labute approximate surface area is 168 Å². The number of rotatable bonds is 2. The van der Waals surface area contributed by atoms with E-state index in [0.29, 0.717) is 0 Å². The summed E-state index contributed by atoms with van der Waals surface area (Å²) in [6, 6.07) is 30.0. The summed E-state index contributed by atoms with van der Waals surface area (Å²) >= 11 is 1.86. The lowest BCUT2D eigenvalue weighted by atomic mass is 9.97. The van der Waals surface area contributed by atoms with Gasteiger partial charge < -0.3 is 0 Å². The van der Waals surface area contributed by atoms with Crippen LogP contribution in [0.1, 0.15) is 22.8 Å². The van der Waals surface area contributed by atoms with Crippen molar-refractivity contribution < 1.29 is 4.39 Å². The topological polar surface area (TPSA) is 12.4 Å². The van der Waals surface area contributed by atoms with Gasteiger partial charge >= 0.3 is 0 Å². The molecule has 1 atom stereocenters. The molecule has 1 aliphatic rings. The average molecular weight is 383 g/mol. The lowest BCUT2D eigenvalue weighted by molar-refractivity contribution is 0.627. The summed E-state index contributed by atoms with van der Waals surface area (Å²) in [6.45, 7) is 0. The Balaban J connectivity index is 1.65. The summed E-state index contributed by atoms with van der Waals surface area (Å²) in [5, 5.41) is 2.76. The molecule has 0 aromatic heterocycles. The van der Waals surface area contributed by atoms with Crippen molar-refractivity contribution in [3.8, 4) is 0 Å². The summed E-state index contributed by atoms with van der Waals surface area (Å²) in [7, 11) is 0. The van der Waals surface area contributed by atoms with Crippen LogP contribution in [0.2, 0.25) is 0 Å². The van der Waals surface area contributed by atoms with Gasteiger partial charge in [0.15, 0.2) is 0 Å². The minimum absolute atomic E-state index is 0.224. The molecule has 1 heterocycles. The third-order valence-corrected chi connectivity index (χ3v) is 6.42. The Morgan fingerprint density at radius 1 is 0.786 bits per heavy atom. The minimum Gasteiger partial charge on any atom is -0.252 e. The second-order valence-corrected chi connectivity index (χ2v) is 8.16. The van der Waals surface area contributed by atoms with Gasteiger partial charge in [0.1, 0.15) is 5.82 Å². The maximum atomic E-state index is 13.4. The van der Waals surface area contributed by atoms with E-state index in [1.807, 2.05) is 30.0 Å². The summed E-state index contributed by atoms with van der Waals surface area (Å²) < 4.78 is 13.4. The third-order valence-electron chi connectivity index (χ3n) is 5.12. The quantitative estimate of drug-likeness (QED) is 0.353. The number of hydrogen-bond donors (Lipinski definition) is 0. The van der Waals surface area contributed by atoms with Gasteiger partial charge in [-0.15, -0.1) is 11.8 Å². The van der Waals surface area contributed by atoms with Crippen molar-refractivity contribution >= 4 is 33.9 Å². The van der Waals surface area contributed by atoms with Crippen molar-refractivity contribution in [1.82, 2.24) is 0 Å². The van der Waals surface area contributed by atoms with Crippen LogP contribution in [0, 0.1) is 5.82 Å². The van der Waals surface area contributed by atoms with Gasteiger partial charge in [-0.2, -0.15) is 0 Å². The average Bonchev–Trinajstić information content (AvgIpc) is 2.93. The Kier molecular flexibility index (Phi) is 4.46. The first-order valence-corrected chi connectivity index (χ1v) is 10.2. The number of aliphatic imine (C=N–C) groups is 1. The monoisotopic (exact) mass is 383 g/mol. The summed E-state index contributed by atoms with van der Waals surface area (Å²) in [6.07, 6.45) is 0.791. The molecule has 0 amide bonds. The zero-order valence-electron chi connectivity index (χ0n) is 15.2. The first kappa shape index (κ1) is 17.2. The van der Waals surface area contributed by atoms with E-state index < -0.39 is 0 Å². The number of fused-ring (bicyclic) bond motifs is 2. The maximum absolute atomic E-state index is 13.4. The molecule has 0 saturated heterocycles. The van der Waals surface area contributed by atoms with Crippen LogP contribution in [0.15, 0.2) is 101 Å². The highest BCUT2D eigenvalue weighted by molar-refractivity contribution is 7.99. The van der Waals surface area contributed by atoms with E-state index in [0.717, 1.165) is 23.4 Å². The Morgan fingerprint density at radius 3 is 2.43 bits per heavy atom. The molecule has 0 fully saturated rings. The molecule has 3 heteroatoms. The Hall–Kier alpha value is -2.91. The highest BCUT2D eigenvalue weighted by Crippen LogP contribution is 2.47. The number of benzene rings is 4. The minimum atomic E-state index is -0.224. The van der Waals surface area contributed by atoms with Crippen molar-refractivity contribution in [3.63, 3.8) is 0 Å². The van der Waals surface area contributed by atoms with E-state index in [1.54, 1.807) is 0 Å². The van der Waals surface area contributed by atoms with E-state index in [1.165, 1.54) is 33.4 Å². The maximum Gasteiger partial charge on any atom is 0.123 e. The first-order valence-electron chi connectivity index (χ1n) is 9.35. The molecular formula is C25H18FNS. The van der Waals surface area contributed by atoms with Crippen LogP contribution in [0.4, 0.5) is 10.1 Å². The second-order valence-electron chi connectivity index (χ2n) is 6.91. The standard InChI is InChI=1S/C25H18FNS/c26-19-14-12-18(13-15-19)23-16-25(28-24-11-4-3-10-22(24)27-23)21-9-5-7-17-6-1-2-8-20(17)21/h1-15,25H,16H2. The molecule has 4 aromatic carbocycles. The van der Waals surface area contributed by atoms with Gasteiger partial charge in [-0.05, 0) is 46.2 Å².